The van der Waals surface area contributed by atoms with Gasteiger partial charge in [0.05, 0.1) is 6.21 Å². The number of hydrogen-bond acceptors (Lipinski definition) is 4. The molecule has 0 unspecified atom stereocenters. The number of carbonyl (C=O) groups excluding carboxylic acids is 2. The summed E-state index contributed by atoms with van der Waals surface area (Å²) < 4.78 is 0. The Kier molecular flexibility index (Phi) is 4.79. The Labute approximate surface area is 145 Å². The molecule has 1 heterocycles. The number of nitrogens with zero attached hydrogens (tertiary/aromatic N) is 1. The van der Waals surface area contributed by atoms with E-state index >= 15 is 0 Å². The predicted octanol–water partition coefficient (Wildman–Crippen LogP) is 1.68. The summed E-state index contributed by atoms with van der Waals surface area (Å²) in [6, 6.07) is 14.5. The molecular formula is C19H19N3O3. The highest BCUT2D eigenvalue weighted by molar-refractivity contribution is 6.03. The minimum absolute atomic E-state index is 0.0735. The quantitative estimate of drug-likeness (QED) is 0.450. The summed E-state index contributed by atoms with van der Waals surface area (Å²) in [6.07, 6.45) is 1.37. The average Bonchev–Trinajstić information content (AvgIpc) is 3.00. The molecular weight excluding hydrogens is 318 g/mol. The number of rotatable bonds is 4. The molecule has 2 atom stereocenters. The van der Waals surface area contributed by atoms with Crippen molar-refractivity contribution in [2.24, 2.45) is 11.0 Å². The summed E-state index contributed by atoms with van der Waals surface area (Å²) in [5.74, 6) is -1.75. The van der Waals surface area contributed by atoms with Crippen LogP contribution >= 0.6 is 0 Å². The van der Waals surface area contributed by atoms with Gasteiger partial charge in [0.2, 0.25) is 5.91 Å². The number of hydrogen-bond donors (Lipinski definition) is 3. The van der Waals surface area contributed by atoms with Gasteiger partial charge in [-0.25, -0.2) is 5.43 Å². The molecule has 1 saturated heterocycles. The van der Waals surface area contributed by atoms with E-state index in [4.69, 9.17) is 0 Å². The van der Waals surface area contributed by atoms with E-state index in [-0.39, 0.29) is 17.6 Å². The Bertz CT molecular complexity index is 818. The van der Waals surface area contributed by atoms with Crippen LogP contribution in [-0.4, -0.2) is 29.7 Å². The zero-order valence-corrected chi connectivity index (χ0v) is 13.8. The topological polar surface area (TPSA) is 90.8 Å². The number of phenolic OH excluding ortho intramolecular Hbond substituents is 1. The summed E-state index contributed by atoms with van der Waals surface area (Å²) in [5.41, 5.74) is 4.80. The molecule has 1 fully saturated rings. The fraction of sp³-hybridized carbons (Fsp3) is 0.211. The summed E-state index contributed by atoms with van der Waals surface area (Å²) in [5, 5.41) is 16.4. The van der Waals surface area contributed by atoms with Crippen LogP contribution in [0.3, 0.4) is 0 Å². The van der Waals surface area contributed by atoms with E-state index in [0.717, 1.165) is 11.1 Å². The summed E-state index contributed by atoms with van der Waals surface area (Å²) >= 11 is 0. The summed E-state index contributed by atoms with van der Waals surface area (Å²) in [6.45, 7) is 2.31. The van der Waals surface area contributed by atoms with Crippen molar-refractivity contribution >= 4 is 18.0 Å². The number of aromatic hydroxyl groups is 1. The minimum Gasteiger partial charge on any atom is -0.507 e. The molecule has 2 aromatic rings. The number of carbonyl (C=O) groups is 2. The Hall–Kier alpha value is -3.15. The van der Waals surface area contributed by atoms with Crippen LogP contribution in [0, 0.1) is 12.8 Å². The van der Waals surface area contributed by atoms with E-state index < -0.39 is 11.8 Å². The van der Waals surface area contributed by atoms with Crippen molar-refractivity contribution in [3.05, 3.63) is 65.2 Å². The van der Waals surface area contributed by atoms with Gasteiger partial charge in [-0.1, -0.05) is 42.0 Å². The SMILES string of the molecule is Cc1ccc(O)c(/C=N/NC(=O)[C@H]2C(=O)NC[C@@H]2c2ccccc2)c1. The first-order chi connectivity index (χ1) is 12.1. The number of benzene rings is 2. The number of aryl methyl sites for hydroxylation is 1. The first kappa shape index (κ1) is 16.7. The van der Waals surface area contributed by atoms with Crippen LogP contribution in [0.15, 0.2) is 53.6 Å². The van der Waals surface area contributed by atoms with Gasteiger partial charge in [0.15, 0.2) is 0 Å². The first-order valence-electron chi connectivity index (χ1n) is 8.01. The van der Waals surface area contributed by atoms with Crippen molar-refractivity contribution in [2.75, 3.05) is 6.54 Å². The molecule has 0 radical (unpaired) electrons. The van der Waals surface area contributed by atoms with Gasteiger partial charge in [-0.2, -0.15) is 5.10 Å². The molecule has 2 amide bonds. The molecule has 0 bridgehead atoms. The van der Waals surface area contributed by atoms with Crippen LogP contribution in [0.4, 0.5) is 0 Å². The Morgan fingerprint density at radius 3 is 2.80 bits per heavy atom. The van der Waals surface area contributed by atoms with E-state index in [0.29, 0.717) is 12.1 Å². The van der Waals surface area contributed by atoms with Crippen molar-refractivity contribution in [2.45, 2.75) is 12.8 Å². The number of nitrogens with one attached hydrogen (secondary N) is 2. The normalized spacial score (nSPS) is 19.8. The summed E-state index contributed by atoms with van der Waals surface area (Å²) in [7, 11) is 0. The second kappa shape index (κ2) is 7.17. The zero-order valence-electron chi connectivity index (χ0n) is 13.8. The van der Waals surface area contributed by atoms with Gasteiger partial charge in [0, 0.05) is 18.0 Å². The third-order valence-electron chi connectivity index (χ3n) is 4.25. The van der Waals surface area contributed by atoms with Gasteiger partial charge < -0.3 is 10.4 Å². The fourth-order valence-corrected chi connectivity index (χ4v) is 2.95. The van der Waals surface area contributed by atoms with E-state index in [9.17, 15) is 14.7 Å². The lowest BCUT2D eigenvalue weighted by Gasteiger charge is -2.15. The van der Waals surface area contributed by atoms with Crippen LogP contribution in [0.2, 0.25) is 0 Å². The molecule has 0 aromatic heterocycles. The van der Waals surface area contributed by atoms with Gasteiger partial charge in [-0.15, -0.1) is 0 Å². The van der Waals surface area contributed by atoms with Crippen molar-refractivity contribution < 1.29 is 14.7 Å². The van der Waals surface area contributed by atoms with Gasteiger partial charge in [-0.05, 0) is 24.6 Å². The number of amides is 2. The highest BCUT2D eigenvalue weighted by Gasteiger charge is 2.40. The lowest BCUT2D eigenvalue weighted by Crippen LogP contribution is -2.34. The molecule has 2 aromatic carbocycles. The molecule has 3 rings (SSSR count). The van der Waals surface area contributed by atoms with E-state index in [2.05, 4.69) is 15.8 Å². The van der Waals surface area contributed by atoms with Crippen molar-refractivity contribution in [1.82, 2.24) is 10.7 Å². The third kappa shape index (κ3) is 3.68. The van der Waals surface area contributed by atoms with E-state index in [1.54, 1.807) is 18.2 Å². The maximum absolute atomic E-state index is 12.4. The predicted molar refractivity (Wildman–Crippen MR) is 94.3 cm³/mol. The van der Waals surface area contributed by atoms with Gasteiger partial charge in [0.25, 0.3) is 5.91 Å². The Balaban J connectivity index is 1.72. The van der Waals surface area contributed by atoms with Crippen LogP contribution in [0.25, 0.3) is 0 Å². The number of phenols is 1. The first-order valence-corrected chi connectivity index (χ1v) is 8.01. The van der Waals surface area contributed by atoms with Crippen molar-refractivity contribution in [3.63, 3.8) is 0 Å². The molecule has 3 N–H and O–H groups in total. The second-order valence-electron chi connectivity index (χ2n) is 6.04. The van der Waals surface area contributed by atoms with E-state index in [1.807, 2.05) is 37.3 Å². The minimum atomic E-state index is -0.828. The molecule has 0 aliphatic carbocycles. The largest absolute Gasteiger partial charge is 0.507 e. The highest BCUT2D eigenvalue weighted by Crippen LogP contribution is 2.29. The molecule has 0 saturated carbocycles. The van der Waals surface area contributed by atoms with Crippen LogP contribution in [-0.2, 0) is 9.59 Å². The molecule has 128 valence electrons. The fourth-order valence-electron chi connectivity index (χ4n) is 2.95. The lowest BCUT2D eigenvalue weighted by atomic mass is 9.88. The maximum atomic E-state index is 12.4. The van der Waals surface area contributed by atoms with Crippen LogP contribution in [0.5, 0.6) is 5.75 Å². The molecule has 0 spiro atoms. The lowest BCUT2D eigenvalue weighted by molar-refractivity contribution is -0.133. The molecule has 6 nitrogen and oxygen atoms in total. The molecule has 1 aliphatic rings. The van der Waals surface area contributed by atoms with E-state index in [1.165, 1.54) is 6.21 Å². The van der Waals surface area contributed by atoms with Gasteiger partial charge >= 0.3 is 0 Å². The molecule has 6 heteroatoms. The highest BCUT2D eigenvalue weighted by atomic mass is 16.3. The van der Waals surface area contributed by atoms with Crippen LogP contribution < -0.4 is 10.7 Å². The monoisotopic (exact) mass is 337 g/mol. The third-order valence-corrected chi connectivity index (χ3v) is 4.25. The summed E-state index contributed by atoms with van der Waals surface area (Å²) in [4.78, 5) is 24.5. The second-order valence-corrected chi connectivity index (χ2v) is 6.04. The van der Waals surface area contributed by atoms with Crippen molar-refractivity contribution in [3.8, 4) is 5.75 Å². The zero-order chi connectivity index (χ0) is 17.8. The standard InChI is InChI=1S/C19H19N3O3/c1-12-7-8-16(23)14(9-12)10-21-22-19(25)17-15(11-20-18(17)24)13-5-3-2-4-6-13/h2-10,15,17,23H,11H2,1H3,(H,20,24)(H,22,25)/b21-10+/t15-,17-/m1/s1. The van der Waals surface area contributed by atoms with Crippen molar-refractivity contribution in [1.29, 1.82) is 0 Å². The number of hydrazone groups is 1. The Morgan fingerprint density at radius 1 is 1.28 bits per heavy atom. The smallest absolute Gasteiger partial charge is 0.253 e. The molecule has 1 aliphatic heterocycles. The average molecular weight is 337 g/mol. The Morgan fingerprint density at radius 2 is 2.04 bits per heavy atom. The molecule has 25 heavy (non-hydrogen) atoms. The van der Waals surface area contributed by atoms with Gasteiger partial charge in [0.1, 0.15) is 11.7 Å². The maximum Gasteiger partial charge on any atom is 0.253 e. The van der Waals surface area contributed by atoms with Gasteiger partial charge in [-0.3, -0.25) is 9.59 Å². The van der Waals surface area contributed by atoms with Crippen LogP contribution in [0.1, 0.15) is 22.6 Å².